The zero-order valence-corrected chi connectivity index (χ0v) is 16.6. The maximum absolute atomic E-state index is 13.6. The van der Waals surface area contributed by atoms with Crippen LogP contribution in [0.5, 0.6) is 0 Å². The first-order valence-corrected chi connectivity index (χ1v) is 11.0. The van der Waals surface area contributed by atoms with Crippen molar-refractivity contribution in [3.63, 3.8) is 0 Å². The van der Waals surface area contributed by atoms with E-state index in [4.69, 9.17) is 9.16 Å². The van der Waals surface area contributed by atoms with E-state index in [-0.39, 0.29) is 18.1 Å². The maximum atomic E-state index is 13.6. The summed E-state index contributed by atoms with van der Waals surface area (Å²) >= 11 is 0. The summed E-state index contributed by atoms with van der Waals surface area (Å²) in [4.78, 5) is 0. The van der Waals surface area contributed by atoms with Crippen molar-refractivity contribution in [2.24, 2.45) is 0 Å². The monoisotopic (exact) mass is 374 g/mol. The molecule has 2 aromatic rings. The first-order chi connectivity index (χ1) is 12.3. The summed E-state index contributed by atoms with van der Waals surface area (Å²) in [5, 5.41) is 11.8. The van der Waals surface area contributed by atoms with Crippen LogP contribution in [0.2, 0.25) is 5.04 Å². The number of aliphatic hydroxyl groups excluding tert-OH is 1. The van der Waals surface area contributed by atoms with Gasteiger partial charge in [0, 0.05) is 6.42 Å². The van der Waals surface area contributed by atoms with Crippen LogP contribution in [-0.4, -0.2) is 38.6 Å². The molecule has 0 unspecified atom stereocenters. The molecular weight excluding hydrogens is 347 g/mol. The van der Waals surface area contributed by atoms with Gasteiger partial charge < -0.3 is 14.3 Å². The Labute approximate surface area is 155 Å². The number of aliphatic hydroxyl groups is 1. The Kier molecular flexibility index (Phi) is 5.63. The molecule has 0 aliphatic carbocycles. The van der Waals surface area contributed by atoms with E-state index in [1.807, 2.05) is 36.4 Å². The minimum absolute atomic E-state index is 0.137. The lowest BCUT2D eigenvalue weighted by molar-refractivity contribution is -0.118. The average Bonchev–Trinajstić information content (AvgIpc) is 2.94. The Morgan fingerprint density at radius 1 is 1.04 bits per heavy atom. The number of hydrogen-bond donors (Lipinski definition) is 1. The Hall–Kier alpha value is -1.53. The maximum Gasteiger partial charge on any atom is 0.261 e. The molecule has 1 N–H and O–H groups in total. The molecule has 0 bridgehead atoms. The molecule has 3 atom stereocenters. The normalized spacial score (nSPS) is 24.0. The van der Waals surface area contributed by atoms with Gasteiger partial charge in [-0.05, 0) is 15.4 Å². The summed E-state index contributed by atoms with van der Waals surface area (Å²) in [6.07, 6.45) is -2.95. The number of ether oxygens (including phenoxy) is 1. The van der Waals surface area contributed by atoms with Crippen molar-refractivity contribution in [3.05, 3.63) is 60.7 Å². The van der Waals surface area contributed by atoms with Gasteiger partial charge in [0.2, 0.25) is 0 Å². The van der Waals surface area contributed by atoms with Gasteiger partial charge in [-0.15, -0.1) is 0 Å². The van der Waals surface area contributed by atoms with Crippen LogP contribution in [0.1, 0.15) is 27.2 Å². The Morgan fingerprint density at radius 3 is 1.92 bits per heavy atom. The predicted octanol–water partition coefficient (Wildman–Crippen LogP) is 3.01. The minimum atomic E-state index is -2.64. The summed E-state index contributed by atoms with van der Waals surface area (Å²) in [6, 6.07) is 20.6. The predicted molar refractivity (Wildman–Crippen MR) is 104 cm³/mol. The molecule has 0 saturated carbocycles. The summed E-state index contributed by atoms with van der Waals surface area (Å²) in [7, 11) is -2.64. The molecule has 0 spiro atoms. The van der Waals surface area contributed by atoms with Gasteiger partial charge in [-0.25, -0.2) is 4.39 Å². The summed E-state index contributed by atoms with van der Waals surface area (Å²) in [5.41, 5.74) is 0. The van der Waals surface area contributed by atoms with Gasteiger partial charge in [-0.2, -0.15) is 0 Å². The molecule has 1 aliphatic rings. The molecular formula is C21H27FO3Si. The first kappa shape index (κ1) is 19.2. The van der Waals surface area contributed by atoms with Gasteiger partial charge in [0.05, 0.1) is 12.7 Å². The Morgan fingerprint density at radius 2 is 1.54 bits per heavy atom. The van der Waals surface area contributed by atoms with Crippen LogP contribution >= 0.6 is 0 Å². The van der Waals surface area contributed by atoms with Crippen molar-refractivity contribution >= 4 is 18.7 Å². The van der Waals surface area contributed by atoms with Gasteiger partial charge >= 0.3 is 0 Å². The van der Waals surface area contributed by atoms with E-state index in [9.17, 15) is 9.50 Å². The van der Waals surface area contributed by atoms with Crippen LogP contribution in [0.4, 0.5) is 4.39 Å². The van der Waals surface area contributed by atoms with E-state index in [0.29, 0.717) is 0 Å². The van der Waals surface area contributed by atoms with Gasteiger partial charge in [-0.3, -0.25) is 0 Å². The fourth-order valence-corrected chi connectivity index (χ4v) is 8.38. The molecule has 140 valence electrons. The van der Waals surface area contributed by atoms with E-state index in [2.05, 4.69) is 45.0 Å². The Balaban J connectivity index is 2.00. The molecule has 3 nitrogen and oxygen atoms in total. The Bertz CT molecular complexity index is 653. The lowest BCUT2D eigenvalue weighted by Gasteiger charge is -2.43. The van der Waals surface area contributed by atoms with Gasteiger partial charge in [0.25, 0.3) is 8.32 Å². The standard InChI is InChI=1S/C21H27FO3Si/c1-21(2,3)26(17-10-6-4-7-11-17,18-12-8-5-9-13-18)24-15-16-14-19(22)20(23)25-16/h4-13,16,19-20,23H,14-15H2,1-3H3/t16-,19-,20+/m0/s1. The average molecular weight is 375 g/mol. The zero-order valence-electron chi connectivity index (χ0n) is 15.6. The molecule has 0 aromatic heterocycles. The quantitative estimate of drug-likeness (QED) is 0.818. The fraction of sp³-hybridized carbons (Fsp3) is 0.429. The number of rotatable bonds is 5. The summed E-state index contributed by atoms with van der Waals surface area (Å²) < 4.78 is 25.7. The highest BCUT2D eigenvalue weighted by atomic mass is 28.4. The fourth-order valence-electron chi connectivity index (χ4n) is 3.79. The molecule has 1 aliphatic heterocycles. The number of halogens is 1. The van der Waals surface area contributed by atoms with E-state index in [1.165, 1.54) is 10.4 Å². The highest BCUT2D eigenvalue weighted by molar-refractivity contribution is 6.99. The number of hydrogen-bond acceptors (Lipinski definition) is 3. The van der Waals surface area contributed by atoms with Crippen molar-refractivity contribution in [2.75, 3.05) is 6.61 Å². The van der Waals surface area contributed by atoms with Crippen molar-refractivity contribution in [1.82, 2.24) is 0 Å². The molecule has 0 radical (unpaired) electrons. The molecule has 5 heteroatoms. The second kappa shape index (κ2) is 7.60. The van der Waals surface area contributed by atoms with Crippen LogP contribution in [0, 0.1) is 0 Å². The summed E-state index contributed by atoms with van der Waals surface area (Å²) in [6.45, 7) is 6.86. The number of alkyl halides is 1. The largest absolute Gasteiger partial charge is 0.405 e. The van der Waals surface area contributed by atoms with Crippen molar-refractivity contribution in [1.29, 1.82) is 0 Å². The first-order valence-electron chi connectivity index (χ1n) is 9.07. The van der Waals surface area contributed by atoms with Gasteiger partial charge in [0.15, 0.2) is 12.5 Å². The van der Waals surface area contributed by atoms with E-state index in [0.717, 1.165) is 0 Å². The second-order valence-electron chi connectivity index (χ2n) is 7.87. The molecule has 3 rings (SSSR count). The van der Waals surface area contributed by atoms with Crippen molar-refractivity contribution in [2.45, 2.75) is 50.8 Å². The molecule has 1 fully saturated rings. The van der Waals surface area contributed by atoms with Crippen molar-refractivity contribution in [3.8, 4) is 0 Å². The molecule has 1 heterocycles. The van der Waals surface area contributed by atoms with Gasteiger partial charge in [0.1, 0.15) is 0 Å². The lowest BCUT2D eigenvalue weighted by Crippen LogP contribution is -2.67. The number of benzene rings is 2. The molecule has 1 saturated heterocycles. The molecule has 26 heavy (non-hydrogen) atoms. The molecule has 0 amide bonds. The smallest absolute Gasteiger partial charge is 0.261 e. The third-order valence-corrected chi connectivity index (χ3v) is 10.0. The topological polar surface area (TPSA) is 38.7 Å². The van der Waals surface area contributed by atoms with Gasteiger partial charge in [-0.1, -0.05) is 81.4 Å². The van der Waals surface area contributed by atoms with Crippen LogP contribution in [-0.2, 0) is 9.16 Å². The van der Waals surface area contributed by atoms with E-state index in [1.54, 1.807) is 0 Å². The lowest BCUT2D eigenvalue weighted by atomic mass is 10.2. The molecule has 2 aromatic carbocycles. The third kappa shape index (κ3) is 3.62. The van der Waals surface area contributed by atoms with Crippen LogP contribution < -0.4 is 10.4 Å². The second-order valence-corrected chi connectivity index (χ2v) is 12.2. The van der Waals surface area contributed by atoms with E-state index >= 15 is 0 Å². The highest BCUT2D eigenvalue weighted by Gasteiger charge is 2.51. The summed E-state index contributed by atoms with van der Waals surface area (Å²) in [5.74, 6) is 0. The minimum Gasteiger partial charge on any atom is -0.405 e. The van der Waals surface area contributed by atoms with Crippen LogP contribution in [0.3, 0.4) is 0 Å². The zero-order chi connectivity index (χ0) is 18.8. The van der Waals surface area contributed by atoms with Crippen LogP contribution in [0.15, 0.2) is 60.7 Å². The SMILES string of the molecule is CC(C)(C)[Si](OC[C@@H]1C[C@H](F)[C@H](O)O1)(c1ccccc1)c1ccccc1. The highest BCUT2D eigenvalue weighted by Crippen LogP contribution is 2.37. The van der Waals surface area contributed by atoms with E-state index < -0.39 is 26.9 Å². The van der Waals surface area contributed by atoms with Crippen molar-refractivity contribution < 1.29 is 18.7 Å². The van der Waals surface area contributed by atoms with Crippen LogP contribution in [0.25, 0.3) is 0 Å². The third-order valence-electron chi connectivity index (χ3n) is 5.03.